The minimum absolute atomic E-state index is 0.0513. The smallest absolute Gasteiger partial charge is 0.226 e. The molecule has 0 spiro atoms. The number of rotatable bonds is 12. The Morgan fingerprint density at radius 2 is 1.81 bits per heavy atom. The third-order valence-electron chi connectivity index (χ3n) is 6.86. The number of amides is 1. The highest BCUT2D eigenvalue weighted by Crippen LogP contribution is 2.32. The number of ether oxygens (including phenoxy) is 1. The Labute approximate surface area is 220 Å². The molecule has 1 aromatic heterocycles. The van der Waals surface area contributed by atoms with Gasteiger partial charge in [-0.25, -0.2) is 0 Å². The van der Waals surface area contributed by atoms with Gasteiger partial charge in [0.25, 0.3) is 0 Å². The van der Waals surface area contributed by atoms with Crippen LogP contribution in [0, 0.1) is 0 Å². The summed E-state index contributed by atoms with van der Waals surface area (Å²) in [5.74, 6) is 1.18. The molecule has 192 valence electrons. The molecule has 1 fully saturated rings. The molecular weight excluding hydrogens is 466 g/mol. The van der Waals surface area contributed by atoms with Crippen LogP contribution in [0.15, 0.2) is 72.1 Å². The van der Waals surface area contributed by atoms with Crippen molar-refractivity contribution in [1.82, 2.24) is 10.2 Å². The van der Waals surface area contributed by atoms with Gasteiger partial charge in [-0.15, -0.1) is 11.3 Å². The van der Waals surface area contributed by atoms with Crippen LogP contribution in [0.3, 0.4) is 0 Å². The molecule has 36 heavy (non-hydrogen) atoms. The van der Waals surface area contributed by atoms with Gasteiger partial charge in [-0.3, -0.25) is 9.69 Å². The number of anilines is 1. The van der Waals surface area contributed by atoms with E-state index in [1.165, 1.54) is 10.4 Å². The van der Waals surface area contributed by atoms with Crippen molar-refractivity contribution in [1.29, 1.82) is 0 Å². The van der Waals surface area contributed by atoms with Crippen molar-refractivity contribution >= 4 is 22.9 Å². The molecule has 4 rings (SSSR count). The van der Waals surface area contributed by atoms with Crippen molar-refractivity contribution < 1.29 is 9.53 Å². The highest BCUT2D eigenvalue weighted by molar-refractivity contribution is 7.10. The van der Waals surface area contributed by atoms with E-state index in [0.717, 1.165) is 63.4 Å². The third kappa shape index (κ3) is 6.96. The molecule has 1 atom stereocenters. The quantitative estimate of drug-likeness (QED) is 0.295. The van der Waals surface area contributed by atoms with Gasteiger partial charge in [0.1, 0.15) is 11.9 Å². The minimum Gasteiger partial charge on any atom is -0.485 e. The van der Waals surface area contributed by atoms with Crippen LogP contribution in [0.1, 0.15) is 56.1 Å². The van der Waals surface area contributed by atoms with Crippen molar-refractivity contribution in [2.75, 3.05) is 31.1 Å². The largest absolute Gasteiger partial charge is 0.485 e. The highest BCUT2D eigenvalue weighted by atomic mass is 32.1. The average Bonchev–Trinajstić information content (AvgIpc) is 3.46. The number of hydrogen-bond acceptors (Lipinski definition) is 5. The molecule has 2 heterocycles. The van der Waals surface area contributed by atoms with Gasteiger partial charge in [0, 0.05) is 54.6 Å². The van der Waals surface area contributed by atoms with Gasteiger partial charge >= 0.3 is 0 Å². The lowest BCUT2D eigenvalue weighted by atomic mass is 10.0. The lowest BCUT2D eigenvalue weighted by Gasteiger charge is -2.38. The van der Waals surface area contributed by atoms with Gasteiger partial charge in [0.15, 0.2) is 0 Å². The van der Waals surface area contributed by atoms with E-state index in [0.29, 0.717) is 6.42 Å². The number of carbonyl (C=O) groups excluding carboxylic acids is 1. The van der Waals surface area contributed by atoms with E-state index >= 15 is 0 Å². The molecule has 0 radical (unpaired) electrons. The number of likely N-dealkylation sites (tertiary alicyclic amines) is 1. The molecule has 1 aliphatic heterocycles. The molecule has 0 bridgehead atoms. The Morgan fingerprint density at radius 3 is 2.50 bits per heavy atom. The van der Waals surface area contributed by atoms with E-state index in [1.54, 1.807) is 11.3 Å². The number of piperidine rings is 1. The second-order valence-electron chi connectivity index (χ2n) is 9.33. The van der Waals surface area contributed by atoms with Crippen molar-refractivity contribution in [3.8, 4) is 5.75 Å². The molecule has 0 saturated carbocycles. The second kappa shape index (κ2) is 13.6. The fourth-order valence-corrected chi connectivity index (χ4v) is 5.73. The molecule has 5 nitrogen and oxygen atoms in total. The Balaban J connectivity index is 1.40. The number of benzene rings is 2. The molecule has 1 amide bonds. The molecule has 6 heteroatoms. The predicted octanol–water partition coefficient (Wildman–Crippen LogP) is 6.28. The number of thiophene rings is 1. The van der Waals surface area contributed by atoms with Crippen LogP contribution < -0.4 is 15.0 Å². The summed E-state index contributed by atoms with van der Waals surface area (Å²) < 4.78 is 6.63. The van der Waals surface area contributed by atoms with Crippen LogP contribution in [0.5, 0.6) is 5.75 Å². The lowest BCUT2D eigenvalue weighted by molar-refractivity contribution is -0.119. The summed E-state index contributed by atoms with van der Waals surface area (Å²) in [5.41, 5.74) is 2.24. The van der Waals surface area contributed by atoms with Crippen molar-refractivity contribution in [2.24, 2.45) is 0 Å². The fraction of sp³-hybridized carbons (Fsp3) is 0.433. The molecule has 2 aromatic carbocycles. The van der Waals surface area contributed by atoms with E-state index < -0.39 is 0 Å². The maximum atomic E-state index is 12.8. The SMILES string of the molecule is CCNCCC(Oc1ccccc1CN1CCC(N(C(=O)CC)c2ccccc2)CC1)c1cccs1. The van der Waals surface area contributed by atoms with E-state index in [4.69, 9.17) is 4.74 Å². The normalized spacial score (nSPS) is 15.5. The van der Waals surface area contributed by atoms with Gasteiger partial charge in [-0.2, -0.15) is 0 Å². The molecule has 3 aromatic rings. The summed E-state index contributed by atoms with van der Waals surface area (Å²) in [4.78, 5) is 18.6. The Kier molecular flexibility index (Phi) is 9.96. The second-order valence-corrected chi connectivity index (χ2v) is 10.3. The Hall–Kier alpha value is -2.67. The molecular formula is C30H39N3O2S. The first-order valence-corrected chi connectivity index (χ1v) is 14.2. The van der Waals surface area contributed by atoms with Crippen molar-refractivity contribution in [3.05, 3.63) is 82.6 Å². The van der Waals surface area contributed by atoms with Crippen molar-refractivity contribution in [2.45, 2.75) is 58.2 Å². The van der Waals surface area contributed by atoms with Gasteiger partial charge < -0.3 is 15.0 Å². The minimum atomic E-state index is 0.0513. The van der Waals surface area contributed by atoms with Gasteiger partial charge in [-0.05, 0) is 55.6 Å². The number of nitrogens with one attached hydrogen (secondary N) is 1. The predicted molar refractivity (Wildman–Crippen MR) is 150 cm³/mol. The first kappa shape index (κ1) is 26.4. The fourth-order valence-electron chi connectivity index (χ4n) is 4.94. The van der Waals surface area contributed by atoms with Gasteiger partial charge in [0.05, 0.1) is 0 Å². The summed E-state index contributed by atoms with van der Waals surface area (Å²) in [6.45, 7) is 8.78. The zero-order valence-electron chi connectivity index (χ0n) is 21.6. The molecule has 0 aliphatic carbocycles. The first-order valence-electron chi connectivity index (χ1n) is 13.3. The molecule has 1 saturated heterocycles. The van der Waals surface area contributed by atoms with Gasteiger partial charge in [0.2, 0.25) is 5.91 Å². The Bertz CT molecular complexity index is 1050. The van der Waals surface area contributed by atoms with E-state index in [1.807, 2.05) is 42.2 Å². The zero-order chi connectivity index (χ0) is 25.2. The summed E-state index contributed by atoms with van der Waals surface area (Å²) in [6, 6.07) is 23.1. The van der Waals surface area contributed by atoms with Crippen LogP contribution >= 0.6 is 11.3 Å². The maximum absolute atomic E-state index is 12.8. The average molecular weight is 506 g/mol. The van der Waals surface area contributed by atoms with E-state index in [9.17, 15) is 4.79 Å². The van der Waals surface area contributed by atoms with Crippen LogP contribution in [-0.2, 0) is 11.3 Å². The topological polar surface area (TPSA) is 44.8 Å². The van der Waals surface area contributed by atoms with E-state index in [-0.39, 0.29) is 18.1 Å². The first-order chi connectivity index (χ1) is 17.7. The summed E-state index contributed by atoms with van der Waals surface area (Å²) >= 11 is 1.76. The van der Waals surface area contributed by atoms with Crippen LogP contribution in [-0.4, -0.2) is 43.0 Å². The molecule has 1 N–H and O–H groups in total. The zero-order valence-corrected chi connectivity index (χ0v) is 22.4. The standard InChI is InChI=1S/C30H39N3O2S/c1-3-30(34)33(25-12-6-5-7-13-25)26-17-20-32(21-18-26)23-24-11-8-9-14-27(24)35-28(16-19-31-4-2)29-15-10-22-36-29/h5-15,22,26,28,31H,3-4,16-21,23H2,1-2H3. The molecule has 1 aliphatic rings. The van der Waals surface area contributed by atoms with Crippen LogP contribution in [0.25, 0.3) is 0 Å². The van der Waals surface area contributed by atoms with Crippen LogP contribution in [0.4, 0.5) is 5.69 Å². The number of carbonyl (C=O) groups is 1. The summed E-state index contributed by atoms with van der Waals surface area (Å²) in [6.07, 6.45) is 3.47. The summed E-state index contributed by atoms with van der Waals surface area (Å²) in [7, 11) is 0. The number of para-hydroxylation sites is 2. The lowest BCUT2D eigenvalue weighted by Crippen LogP contribution is -2.47. The van der Waals surface area contributed by atoms with Gasteiger partial charge in [-0.1, -0.05) is 56.3 Å². The highest BCUT2D eigenvalue weighted by Gasteiger charge is 2.28. The van der Waals surface area contributed by atoms with Crippen LogP contribution in [0.2, 0.25) is 0 Å². The Morgan fingerprint density at radius 1 is 1.06 bits per heavy atom. The van der Waals surface area contributed by atoms with Crippen molar-refractivity contribution in [3.63, 3.8) is 0 Å². The molecule has 1 unspecified atom stereocenters. The summed E-state index contributed by atoms with van der Waals surface area (Å²) in [5, 5.41) is 5.55. The monoisotopic (exact) mass is 505 g/mol. The number of hydrogen-bond donors (Lipinski definition) is 1. The third-order valence-corrected chi connectivity index (χ3v) is 7.82. The number of nitrogens with zero attached hydrogens (tertiary/aromatic N) is 2. The van der Waals surface area contributed by atoms with E-state index in [2.05, 4.69) is 58.9 Å². The maximum Gasteiger partial charge on any atom is 0.226 e.